The molecule has 0 bridgehead atoms. The van der Waals surface area contributed by atoms with Gasteiger partial charge in [-0.25, -0.2) is 0 Å². The quantitative estimate of drug-likeness (QED) is 0.851. The third kappa shape index (κ3) is 2.54. The van der Waals surface area contributed by atoms with Crippen molar-refractivity contribution < 1.29 is 14.6 Å². The molecule has 3 nitrogen and oxygen atoms in total. The lowest BCUT2D eigenvalue weighted by Crippen LogP contribution is -2.21. The normalized spacial score (nSPS) is 19.4. The zero-order valence-electron chi connectivity index (χ0n) is 9.56. The molecule has 0 amide bonds. The van der Waals surface area contributed by atoms with Crippen molar-refractivity contribution >= 4 is 0 Å². The van der Waals surface area contributed by atoms with Gasteiger partial charge in [-0.2, -0.15) is 0 Å². The molecule has 1 aliphatic heterocycles. The topological polar surface area (TPSA) is 38.7 Å². The van der Waals surface area contributed by atoms with Gasteiger partial charge in [0.2, 0.25) is 0 Å². The molecule has 1 unspecified atom stereocenters. The van der Waals surface area contributed by atoms with Gasteiger partial charge in [0.25, 0.3) is 0 Å². The van der Waals surface area contributed by atoms with Gasteiger partial charge in [0.05, 0.1) is 13.2 Å². The molecule has 16 heavy (non-hydrogen) atoms. The first-order valence-corrected chi connectivity index (χ1v) is 5.71. The molecule has 1 N–H and O–H groups in total. The second kappa shape index (κ2) is 5.32. The van der Waals surface area contributed by atoms with Gasteiger partial charge in [0.15, 0.2) is 0 Å². The van der Waals surface area contributed by atoms with Gasteiger partial charge in [-0.1, -0.05) is 12.1 Å². The maximum Gasteiger partial charge on any atom is 0.118 e. The minimum absolute atomic E-state index is 0.321. The fourth-order valence-electron chi connectivity index (χ4n) is 2.10. The minimum atomic E-state index is -0.380. The molecule has 1 aliphatic rings. The smallest absolute Gasteiger partial charge is 0.118 e. The van der Waals surface area contributed by atoms with Crippen molar-refractivity contribution in [2.45, 2.75) is 18.9 Å². The van der Waals surface area contributed by atoms with E-state index < -0.39 is 0 Å². The summed E-state index contributed by atoms with van der Waals surface area (Å²) in [6.45, 7) is 1.52. The molecular weight excluding hydrogens is 204 g/mol. The van der Waals surface area contributed by atoms with Crippen LogP contribution in [0.2, 0.25) is 0 Å². The zero-order valence-corrected chi connectivity index (χ0v) is 9.56. The SMILES string of the molecule is COc1ccc(C(O)C2CCOCC2)cc1. The number of benzene rings is 1. The summed E-state index contributed by atoms with van der Waals surface area (Å²) >= 11 is 0. The number of hydrogen-bond donors (Lipinski definition) is 1. The van der Waals surface area contributed by atoms with Gasteiger partial charge in [-0.05, 0) is 36.5 Å². The van der Waals surface area contributed by atoms with Crippen LogP contribution >= 0.6 is 0 Å². The van der Waals surface area contributed by atoms with E-state index in [2.05, 4.69) is 0 Å². The highest BCUT2D eigenvalue weighted by molar-refractivity contribution is 5.28. The maximum atomic E-state index is 10.2. The third-order valence-electron chi connectivity index (χ3n) is 3.17. The zero-order chi connectivity index (χ0) is 11.4. The van der Waals surface area contributed by atoms with Gasteiger partial charge >= 0.3 is 0 Å². The number of methoxy groups -OCH3 is 1. The Morgan fingerprint density at radius 2 is 1.88 bits per heavy atom. The lowest BCUT2D eigenvalue weighted by molar-refractivity contribution is 0.00717. The van der Waals surface area contributed by atoms with Crippen molar-refractivity contribution in [3.05, 3.63) is 29.8 Å². The molecule has 0 aromatic heterocycles. The Bertz CT molecular complexity index is 314. The Morgan fingerprint density at radius 1 is 1.25 bits per heavy atom. The summed E-state index contributed by atoms with van der Waals surface area (Å²) in [7, 11) is 1.64. The van der Waals surface area contributed by atoms with Crippen LogP contribution in [0, 0.1) is 5.92 Å². The highest BCUT2D eigenvalue weighted by Crippen LogP contribution is 2.30. The molecule has 0 saturated carbocycles. The molecule has 1 saturated heterocycles. The van der Waals surface area contributed by atoms with Crippen LogP contribution in [0.25, 0.3) is 0 Å². The summed E-state index contributed by atoms with van der Waals surface area (Å²) in [5, 5.41) is 10.2. The van der Waals surface area contributed by atoms with Crippen molar-refractivity contribution in [1.29, 1.82) is 0 Å². The molecule has 0 aliphatic carbocycles. The summed E-state index contributed by atoms with van der Waals surface area (Å²) in [6.07, 6.45) is 1.50. The van der Waals surface area contributed by atoms with Crippen LogP contribution in [0.4, 0.5) is 0 Å². The molecule has 1 heterocycles. The summed E-state index contributed by atoms with van der Waals surface area (Å²) in [5.74, 6) is 1.14. The monoisotopic (exact) mass is 222 g/mol. The molecule has 1 aromatic carbocycles. The van der Waals surface area contributed by atoms with E-state index >= 15 is 0 Å². The van der Waals surface area contributed by atoms with Crippen LogP contribution in [0.1, 0.15) is 24.5 Å². The average Bonchev–Trinajstić information content (AvgIpc) is 2.39. The van der Waals surface area contributed by atoms with Gasteiger partial charge in [0, 0.05) is 13.2 Å². The standard InChI is InChI=1S/C13H18O3/c1-15-12-4-2-10(3-5-12)13(14)11-6-8-16-9-7-11/h2-5,11,13-14H,6-9H2,1H3. The van der Waals surface area contributed by atoms with E-state index in [0.717, 1.165) is 37.4 Å². The Labute approximate surface area is 96.0 Å². The van der Waals surface area contributed by atoms with Crippen molar-refractivity contribution in [3.8, 4) is 5.75 Å². The van der Waals surface area contributed by atoms with E-state index in [4.69, 9.17) is 9.47 Å². The van der Waals surface area contributed by atoms with Crippen molar-refractivity contribution in [2.75, 3.05) is 20.3 Å². The lowest BCUT2D eigenvalue weighted by atomic mass is 9.89. The van der Waals surface area contributed by atoms with Crippen molar-refractivity contribution in [2.24, 2.45) is 5.92 Å². The molecular formula is C13H18O3. The van der Waals surface area contributed by atoms with Crippen molar-refractivity contribution in [1.82, 2.24) is 0 Å². The number of aliphatic hydroxyl groups is 1. The highest BCUT2D eigenvalue weighted by Gasteiger charge is 2.23. The van der Waals surface area contributed by atoms with Crippen molar-refractivity contribution in [3.63, 3.8) is 0 Å². The first-order valence-electron chi connectivity index (χ1n) is 5.71. The van der Waals surface area contributed by atoms with E-state index in [-0.39, 0.29) is 6.10 Å². The van der Waals surface area contributed by atoms with Crippen LogP contribution < -0.4 is 4.74 Å². The Kier molecular flexibility index (Phi) is 3.80. The number of aliphatic hydroxyl groups excluding tert-OH is 1. The Morgan fingerprint density at radius 3 is 2.44 bits per heavy atom. The second-order valence-corrected chi connectivity index (χ2v) is 4.17. The summed E-state index contributed by atoms with van der Waals surface area (Å²) in [6, 6.07) is 7.63. The van der Waals surface area contributed by atoms with E-state index in [0.29, 0.717) is 5.92 Å². The van der Waals surface area contributed by atoms with Gasteiger partial charge in [-0.15, -0.1) is 0 Å². The first-order chi connectivity index (χ1) is 7.81. The predicted molar refractivity (Wildman–Crippen MR) is 61.5 cm³/mol. The molecule has 1 atom stereocenters. The molecule has 88 valence electrons. The molecule has 1 aromatic rings. The van der Waals surface area contributed by atoms with Crippen LogP contribution in [-0.2, 0) is 4.74 Å². The number of ether oxygens (including phenoxy) is 2. The molecule has 1 fully saturated rings. The van der Waals surface area contributed by atoms with E-state index in [1.54, 1.807) is 7.11 Å². The fourth-order valence-corrected chi connectivity index (χ4v) is 2.10. The van der Waals surface area contributed by atoms with Crippen LogP contribution in [0.15, 0.2) is 24.3 Å². The summed E-state index contributed by atoms with van der Waals surface area (Å²) in [5.41, 5.74) is 0.965. The fraction of sp³-hybridized carbons (Fsp3) is 0.538. The van der Waals surface area contributed by atoms with Gasteiger partial charge in [0.1, 0.15) is 5.75 Å². The Balaban J connectivity index is 2.04. The molecule has 2 rings (SSSR count). The van der Waals surface area contributed by atoms with Crippen LogP contribution in [0.5, 0.6) is 5.75 Å². The second-order valence-electron chi connectivity index (χ2n) is 4.17. The first kappa shape index (κ1) is 11.4. The Hall–Kier alpha value is -1.06. The van der Waals surface area contributed by atoms with E-state index in [1.165, 1.54) is 0 Å². The summed E-state index contributed by atoms with van der Waals surface area (Å²) < 4.78 is 10.4. The highest BCUT2D eigenvalue weighted by atomic mass is 16.5. The molecule has 3 heteroatoms. The van der Waals surface area contributed by atoms with Gasteiger partial charge in [-0.3, -0.25) is 0 Å². The average molecular weight is 222 g/mol. The molecule has 0 radical (unpaired) electrons. The largest absolute Gasteiger partial charge is 0.497 e. The maximum absolute atomic E-state index is 10.2. The molecule has 0 spiro atoms. The summed E-state index contributed by atoms with van der Waals surface area (Å²) in [4.78, 5) is 0. The lowest BCUT2D eigenvalue weighted by Gasteiger charge is -2.27. The predicted octanol–water partition coefficient (Wildman–Crippen LogP) is 2.16. The van der Waals surface area contributed by atoms with Crippen LogP contribution in [-0.4, -0.2) is 25.4 Å². The van der Waals surface area contributed by atoms with Crippen LogP contribution in [0.3, 0.4) is 0 Å². The van der Waals surface area contributed by atoms with E-state index in [1.807, 2.05) is 24.3 Å². The number of rotatable bonds is 3. The van der Waals surface area contributed by atoms with Gasteiger partial charge < -0.3 is 14.6 Å². The van der Waals surface area contributed by atoms with E-state index in [9.17, 15) is 5.11 Å². The minimum Gasteiger partial charge on any atom is -0.497 e. The third-order valence-corrected chi connectivity index (χ3v) is 3.17. The number of hydrogen-bond acceptors (Lipinski definition) is 3.